The van der Waals surface area contributed by atoms with Gasteiger partial charge in [0, 0.05) is 6.54 Å². The Hall–Kier alpha value is -1.83. The van der Waals surface area contributed by atoms with Crippen molar-refractivity contribution in [2.45, 2.75) is 19.9 Å². The van der Waals surface area contributed by atoms with Crippen molar-refractivity contribution >= 4 is 34.1 Å². The molecule has 0 saturated heterocycles. The Labute approximate surface area is 103 Å². The Morgan fingerprint density at radius 1 is 1.53 bits per heavy atom. The highest BCUT2D eigenvalue weighted by Gasteiger charge is 2.19. The number of nitrogens with one attached hydrogen (secondary N) is 2. The van der Waals surface area contributed by atoms with Crippen LogP contribution in [-0.4, -0.2) is 29.4 Å². The van der Waals surface area contributed by atoms with Crippen LogP contribution in [0.4, 0.5) is 10.9 Å². The predicted molar refractivity (Wildman–Crippen MR) is 66.8 cm³/mol. The van der Waals surface area contributed by atoms with Crippen LogP contribution >= 0.6 is 11.3 Å². The van der Waals surface area contributed by atoms with Crippen molar-refractivity contribution in [1.82, 2.24) is 10.3 Å². The van der Waals surface area contributed by atoms with Gasteiger partial charge < -0.3 is 22.1 Å². The maximum Gasteiger partial charge on any atom is 0.265 e. The average Bonchev–Trinajstić information content (AvgIpc) is 2.59. The van der Waals surface area contributed by atoms with Gasteiger partial charge in [0.2, 0.25) is 5.91 Å². The molecular weight excluding hydrogens is 242 g/mol. The third-order valence-corrected chi connectivity index (χ3v) is 2.99. The number of nitrogens with zero attached hydrogens (tertiary/aromatic N) is 1. The van der Waals surface area contributed by atoms with E-state index in [1.54, 1.807) is 0 Å². The van der Waals surface area contributed by atoms with Crippen molar-refractivity contribution in [2.24, 2.45) is 5.73 Å². The molecule has 0 spiro atoms. The van der Waals surface area contributed by atoms with Gasteiger partial charge in [-0.15, -0.1) is 0 Å². The van der Waals surface area contributed by atoms with E-state index in [0.29, 0.717) is 11.7 Å². The second kappa shape index (κ2) is 5.48. The van der Waals surface area contributed by atoms with Crippen molar-refractivity contribution < 1.29 is 9.59 Å². The Morgan fingerprint density at radius 2 is 2.18 bits per heavy atom. The predicted octanol–water partition coefficient (Wildman–Crippen LogP) is -0.239. The summed E-state index contributed by atoms with van der Waals surface area (Å²) in [5, 5.41) is 5.97. The lowest BCUT2D eigenvalue weighted by Gasteiger charge is -2.08. The number of carbonyl (C=O) groups is 2. The maximum absolute atomic E-state index is 11.7. The molecule has 0 aliphatic heterocycles. The molecule has 0 fully saturated rings. The minimum Gasteiger partial charge on any atom is -0.382 e. The molecule has 0 radical (unpaired) electrons. The van der Waals surface area contributed by atoms with Gasteiger partial charge in [-0.1, -0.05) is 11.3 Å². The van der Waals surface area contributed by atoms with E-state index in [0.717, 1.165) is 11.3 Å². The first-order valence-electron chi connectivity index (χ1n) is 5.06. The molecule has 8 heteroatoms. The molecule has 1 aromatic rings. The van der Waals surface area contributed by atoms with E-state index in [-0.39, 0.29) is 10.7 Å². The van der Waals surface area contributed by atoms with E-state index in [1.165, 1.54) is 6.92 Å². The fourth-order valence-corrected chi connectivity index (χ4v) is 1.91. The highest BCUT2D eigenvalue weighted by atomic mass is 32.1. The number of carbonyl (C=O) groups excluding carboxylic acids is 2. The fraction of sp³-hybridized carbons (Fsp3) is 0.444. The molecule has 0 aliphatic carbocycles. The number of nitrogen functional groups attached to an aromatic ring is 1. The topological polar surface area (TPSA) is 123 Å². The minimum absolute atomic E-state index is 0.139. The molecule has 1 unspecified atom stereocenters. The summed E-state index contributed by atoms with van der Waals surface area (Å²) < 4.78 is 0. The molecule has 6 N–H and O–H groups in total. The number of thiazole rings is 1. The maximum atomic E-state index is 11.7. The zero-order valence-electron chi connectivity index (χ0n) is 9.61. The molecule has 1 aromatic heterocycles. The van der Waals surface area contributed by atoms with Crippen LogP contribution in [-0.2, 0) is 4.79 Å². The molecule has 17 heavy (non-hydrogen) atoms. The van der Waals surface area contributed by atoms with E-state index in [9.17, 15) is 9.59 Å². The van der Waals surface area contributed by atoms with Gasteiger partial charge in [0.25, 0.3) is 5.91 Å². The van der Waals surface area contributed by atoms with E-state index < -0.39 is 17.9 Å². The summed E-state index contributed by atoms with van der Waals surface area (Å²) in [6.07, 6.45) is 0. The van der Waals surface area contributed by atoms with Crippen molar-refractivity contribution in [2.75, 3.05) is 17.6 Å². The molecule has 0 aromatic carbocycles. The Bertz CT molecular complexity index is 431. The van der Waals surface area contributed by atoms with Gasteiger partial charge in [-0.2, -0.15) is 0 Å². The molecule has 94 valence electrons. The third kappa shape index (κ3) is 3.31. The van der Waals surface area contributed by atoms with Crippen LogP contribution in [0.3, 0.4) is 0 Å². The van der Waals surface area contributed by atoms with Crippen molar-refractivity contribution in [3.05, 3.63) is 4.88 Å². The normalized spacial score (nSPS) is 11.9. The summed E-state index contributed by atoms with van der Waals surface area (Å²) in [6.45, 7) is 4.10. The van der Waals surface area contributed by atoms with Crippen LogP contribution in [0, 0.1) is 0 Å². The summed E-state index contributed by atoms with van der Waals surface area (Å²) >= 11 is 1.13. The van der Waals surface area contributed by atoms with Gasteiger partial charge >= 0.3 is 0 Å². The quantitative estimate of drug-likeness (QED) is 0.579. The summed E-state index contributed by atoms with van der Waals surface area (Å²) in [4.78, 5) is 26.8. The third-order valence-electron chi connectivity index (χ3n) is 1.96. The molecule has 0 bridgehead atoms. The molecule has 1 rings (SSSR count). The van der Waals surface area contributed by atoms with Gasteiger partial charge in [0.15, 0.2) is 5.13 Å². The van der Waals surface area contributed by atoms with Crippen molar-refractivity contribution in [3.8, 4) is 0 Å². The van der Waals surface area contributed by atoms with E-state index in [1.807, 2.05) is 6.92 Å². The number of nitrogens with two attached hydrogens (primary N) is 2. The Balaban J connectivity index is 2.78. The number of aromatic nitrogens is 1. The molecular formula is C9H15N5O2S. The van der Waals surface area contributed by atoms with E-state index in [2.05, 4.69) is 15.6 Å². The summed E-state index contributed by atoms with van der Waals surface area (Å²) in [5.41, 5.74) is 10.7. The largest absolute Gasteiger partial charge is 0.382 e. The summed E-state index contributed by atoms with van der Waals surface area (Å²) in [7, 11) is 0. The first kappa shape index (κ1) is 13.2. The summed E-state index contributed by atoms with van der Waals surface area (Å²) in [6, 6.07) is -0.744. The van der Waals surface area contributed by atoms with Gasteiger partial charge in [0.05, 0.1) is 0 Å². The lowest BCUT2D eigenvalue weighted by atomic mass is 10.3. The van der Waals surface area contributed by atoms with Crippen LogP contribution in [0.15, 0.2) is 0 Å². The van der Waals surface area contributed by atoms with Crippen LogP contribution in [0.25, 0.3) is 0 Å². The van der Waals surface area contributed by atoms with Crippen molar-refractivity contribution in [3.63, 3.8) is 0 Å². The van der Waals surface area contributed by atoms with Crippen LogP contribution in [0.2, 0.25) is 0 Å². The average molecular weight is 257 g/mol. The van der Waals surface area contributed by atoms with Crippen LogP contribution < -0.4 is 22.1 Å². The molecule has 1 atom stereocenters. The number of amides is 2. The SMILES string of the molecule is CCNc1nc(N)c(C(=O)NC(C)C(N)=O)s1. The highest BCUT2D eigenvalue weighted by Crippen LogP contribution is 2.24. The van der Waals surface area contributed by atoms with E-state index in [4.69, 9.17) is 11.5 Å². The van der Waals surface area contributed by atoms with Gasteiger partial charge in [0.1, 0.15) is 16.7 Å². The Morgan fingerprint density at radius 3 is 2.71 bits per heavy atom. The standard InChI is InChI=1S/C9H15N5O2S/c1-3-12-9-14-6(10)5(17-9)8(16)13-4(2)7(11)15/h4H,3,10H2,1-2H3,(H2,11,15)(H,12,14)(H,13,16). The monoisotopic (exact) mass is 257 g/mol. The molecule has 0 aliphatic rings. The van der Waals surface area contributed by atoms with Gasteiger partial charge in [-0.3, -0.25) is 9.59 Å². The Kier molecular flexibility index (Phi) is 4.27. The van der Waals surface area contributed by atoms with Crippen molar-refractivity contribution in [1.29, 1.82) is 0 Å². The number of rotatable bonds is 5. The second-order valence-electron chi connectivity index (χ2n) is 3.36. The first-order chi connectivity index (χ1) is 7.95. The van der Waals surface area contributed by atoms with Crippen LogP contribution in [0.5, 0.6) is 0 Å². The second-order valence-corrected chi connectivity index (χ2v) is 4.36. The van der Waals surface area contributed by atoms with E-state index >= 15 is 0 Å². The molecule has 2 amide bonds. The number of hydrogen-bond donors (Lipinski definition) is 4. The number of primary amides is 1. The lowest BCUT2D eigenvalue weighted by Crippen LogP contribution is -2.42. The molecule has 7 nitrogen and oxygen atoms in total. The summed E-state index contributed by atoms with van der Waals surface area (Å²) in [5.74, 6) is -0.913. The fourth-order valence-electron chi connectivity index (χ4n) is 1.05. The minimum atomic E-state index is -0.744. The number of anilines is 2. The van der Waals surface area contributed by atoms with Crippen LogP contribution in [0.1, 0.15) is 23.5 Å². The zero-order chi connectivity index (χ0) is 13.0. The van der Waals surface area contributed by atoms with Gasteiger partial charge in [-0.05, 0) is 13.8 Å². The number of hydrogen-bond acceptors (Lipinski definition) is 6. The first-order valence-corrected chi connectivity index (χ1v) is 5.87. The lowest BCUT2D eigenvalue weighted by molar-refractivity contribution is -0.119. The zero-order valence-corrected chi connectivity index (χ0v) is 10.4. The molecule has 0 saturated carbocycles. The highest BCUT2D eigenvalue weighted by molar-refractivity contribution is 7.18. The van der Waals surface area contributed by atoms with Gasteiger partial charge in [-0.25, -0.2) is 4.98 Å². The molecule has 1 heterocycles. The smallest absolute Gasteiger partial charge is 0.265 e.